The normalized spacial score (nSPS) is 20.9. The fraction of sp³-hybridized carbons (Fsp3) is 0.611. The molecule has 6 nitrogen and oxygen atoms in total. The minimum absolute atomic E-state index is 0. The molecule has 2 aliphatic rings. The maximum Gasteiger partial charge on any atom is 0.240 e. The van der Waals surface area contributed by atoms with E-state index in [1.54, 1.807) is 0 Å². The van der Waals surface area contributed by atoms with E-state index in [0.29, 0.717) is 18.5 Å². The molecule has 2 fully saturated rings. The van der Waals surface area contributed by atoms with Gasteiger partial charge >= 0.3 is 0 Å². The van der Waals surface area contributed by atoms with E-state index in [-0.39, 0.29) is 12.4 Å². The largest absolute Gasteiger partial charge is 0.338 e. The first-order chi connectivity index (χ1) is 11.9. The average molecular weight is 364 g/mol. The highest BCUT2D eigenvalue weighted by Gasteiger charge is 2.29. The van der Waals surface area contributed by atoms with Crippen LogP contribution in [0.15, 0.2) is 28.9 Å². The summed E-state index contributed by atoms with van der Waals surface area (Å²) in [7, 11) is 0. The highest BCUT2D eigenvalue weighted by atomic mass is 35.5. The van der Waals surface area contributed by atoms with Gasteiger partial charge in [0.25, 0.3) is 0 Å². The van der Waals surface area contributed by atoms with Crippen molar-refractivity contribution in [3.63, 3.8) is 0 Å². The van der Waals surface area contributed by atoms with Crippen LogP contribution >= 0.6 is 12.4 Å². The average Bonchev–Trinajstić information content (AvgIpc) is 3.40. The van der Waals surface area contributed by atoms with Crippen LogP contribution in [-0.4, -0.2) is 39.2 Å². The van der Waals surface area contributed by atoms with Gasteiger partial charge < -0.3 is 9.84 Å². The van der Waals surface area contributed by atoms with Crippen LogP contribution in [0.2, 0.25) is 0 Å². The van der Waals surface area contributed by atoms with E-state index in [1.807, 2.05) is 18.3 Å². The second-order valence-corrected chi connectivity index (χ2v) is 6.88. The summed E-state index contributed by atoms with van der Waals surface area (Å²) in [5.74, 6) is 2.17. The van der Waals surface area contributed by atoms with Crippen LogP contribution in [0, 0.1) is 0 Å². The van der Waals surface area contributed by atoms with Gasteiger partial charge in [-0.3, -0.25) is 9.88 Å². The lowest BCUT2D eigenvalue weighted by Crippen LogP contribution is -2.35. The third-order valence-corrected chi connectivity index (χ3v) is 4.92. The Balaban J connectivity index is 0.00000182. The van der Waals surface area contributed by atoms with Crippen molar-refractivity contribution in [1.29, 1.82) is 0 Å². The summed E-state index contributed by atoms with van der Waals surface area (Å²) in [6, 6.07) is 6.63. The first kappa shape index (κ1) is 18.3. The van der Waals surface area contributed by atoms with Crippen molar-refractivity contribution >= 4 is 12.4 Å². The lowest BCUT2D eigenvalue weighted by molar-refractivity contribution is 0.142. The fourth-order valence-corrected chi connectivity index (χ4v) is 3.39. The Morgan fingerprint density at radius 3 is 2.84 bits per heavy atom. The van der Waals surface area contributed by atoms with Gasteiger partial charge in [0.15, 0.2) is 5.82 Å². The van der Waals surface area contributed by atoms with Crippen molar-refractivity contribution in [3.05, 3.63) is 41.8 Å². The SMILES string of the molecule is Cl.c1ccc(CN(Cc2nc(C3CC3)no2)C2CCCNCC2)nc1. The minimum Gasteiger partial charge on any atom is -0.338 e. The van der Waals surface area contributed by atoms with Gasteiger partial charge in [-0.2, -0.15) is 4.98 Å². The summed E-state index contributed by atoms with van der Waals surface area (Å²) in [5, 5.41) is 7.65. The Morgan fingerprint density at radius 1 is 1.12 bits per heavy atom. The predicted molar refractivity (Wildman–Crippen MR) is 97.5 cm³/mol. The van der Waals surface area contributed by atoms with Crippen LogP contribution in [0.3, 0.4) is 0 Å². The van der Waals surface area contributed by atoms with Crippen LogP contribution in [-0.2, 0) is 13.1 Å². The molecule has 0 spiro atoms. The van der Waals surface area contributed by atoms with E-state index >= 15 is 0 Å². The summed E-state index contributed by atoms with van der Waals surface area (Å²) in [5.41, 5.74) is 1.09. The second kappa shape index (κ2) is 8.74. The molecule has 1 N–H and O–H groups in total. The number of hydrogen-bond acceptors (Lipinski definition) is 6. The topological polar surface area (TPSA) is 67.1 Å². The van der Waals surface area contributed by atoms with Crippen molar-refractivity contribution in [1.82, 2.24) is 25.3 Å². The van der Waals surface area contributed by atoms with Crippen molar-refractivity contribution in [3.8, 4) is 0 Å². The Morgan fingerprint density at radius 2 is 2.04 bits per heavy atom. The molecule has 3 heterocycles. The third kappa shape index (κ3) is 5.00. The predicted octanol–water partition coefficient (Wildman–Crippen LogP) is 2.91. The van der Waals surface area contributed by atoms with Crippen molar-refractivity contribution in [2.45, 2.75) is 57.2 Å². The monoisotopic (exact) mass is 363 g/mol. The van der Waals surface area contributed by atoms with E-state index in [9.17, 15) is 0 Å². The van der Waals surface area contributed by atoms with Gasteiger partial charge in [0.1, 0.15) is 0 Å². The van der Waals surface area contributed by atoms with Gasteiger partial charge in [-0.15, -0.1) is 12.4 Å². The Labute approximate surface area is 154 Å². The van der Waals surface area contributed by atoms with Crippen LogP contribution in [0.5, 0.6) is 0 Å². The molecule has 1 saturated heterocycles. The van der Waals surface area contributed by atoms with Gasteiger partial charge in [0.05, 0.1) is 12.2 Å². The number of nitrogens with one attached hydrogen (secondary N) is 1. The Kier molecular flexibility index (Phi) is 6.39. The molecule has 0 radical (unpaired) electrons. The van der Waals surface area contributed by atoms with Gasteiger partial charge in [0.2, 0.25) is 5.89 Å². The standard InChI is InChI=1S/C18H25N5O.ClH/c1-2-10-20-15(4-1)12-23(16-5-3-9-19-11-8-16)13-17-21-18(22-24-17)14-6-7-14;/h1-2,4,10,14,16,19H,3,5-9,11-13H2;1H. The molecule has 0 amide bonds. The highest BCUT2D eigenvalue weighted by Crippen LogP contribution is 2.38. The summed E-state index contributed by atoms with van der Waals surface area (Å²) in [6.07, 6.45) is 7.82. The van der Waals surface area contributed by atoms with Crippen LogP contribution < -0.4 is 5.32 Å². The van der Waals surface area contributed by atoms with Gasteiger partial charge in [0, 0.05) is 24.7 Å². The molecule has 1 aliphatic carbocycles. The molecule has 1 unspecified atom stereocenters. The van der Waals surface area contributed by atoms with Gasteiger partial charge in [-0.1, -0.05) is 11.2 Å². The van der Waals surface area contributed by atoms with E-state index in [0.717, 1.165) is 43.5 Å². The zero-order chi connectivity index (χ0) is 16.2. The number of hydrogen-bond donors (Lipinski definition) is 1. The molecule has 1 saturated carbocycles. The number of nitrogens with zero attached hydrogens (tertiary/aromatic N) is 4. The molecule has 136 valence electrons. The molecular formula is C18H26ClN5O. The van der Waals surface area contributed by atoms with Crippen molar-refractivity contribution in [2.75, 3.05) is 13.1 Å². The molecule has 7 heteroatoms. The molecule has 2 aromatic rings. The molecule has 0 bridgehead atoms. The first-order valence-electron chi connectivity index (χ1n) is 9.05. The smallest absolute Gasteiger partial charge is 0.240 e. The number of pyridine rings is 1. The zero-order valence-corrected chi connectivity index (χ0v) is 15.2. The second-order valence-electron chi connectivity index (χ2n) is 6.88. The van der Waals surface area contributed by atoms with Crippen LogP contribution in [0.4, 0.5) is 0 Å². The fourth-order valence-electron chi connectivity index (χ4n) is 3.39. The molecule has 2 aromatic heterocycles. The molecule has 4 rings (SSSR count). The van der Waals surface area contributed by atoms with E-state index in [4.69, 9.17) is 4.52 Å². The summed E-state index contributed by atoms with van der Waals surface area (Å²) in [6.45, 7) is 3.72. The van der Waals surface area contributed by atoms with Gasteiger partial charge in [-0.05, 0) is 57.3 Å². The third-order valence-electron chi connectivity index (χ3n) is 4.92. The maximum atomic E-state index is 5.52. The van der Waals surface area contributed by atoms with Gasteiger partial charge in [-0.25, -0.2) is 0 Å². The zero-order valence-electron chi connectivity index (χ0n) is 14.4. The minimum atomic E-state index is 0. The van der Waals surface area contributed by atoms with Crippen LogP contribution in [0.1, 0.15) is 55.4 Å². The lowest BCUT2D eigenvalue weighted by atomic mass is 10.1. The Hall–Kier alpha value is -1.50. The molecular weight excluding hydrogens is 338 g/mol. The van der Waals surface area contributed by atoms with E-state index in [2.05, 4.69) is 31.4 Å². The first-order valence-corrected chi connectivity index (χ1v) is 9.05. The molecule has 0 aromatic carbocycles. The number of rotatable bonds is 6. The van der Waals surface area contributed by atoms with Crippen LogP contribution in [0.25, 0.3) is 0 Å². The summed E-state index contributed by atoms with van der Waals surface area (Å²) in [4.78, 5) is 11.6. The maximum absolute atomic E-state index is 5.52. The quantitative estimate of drug-likeness (QED) is 0.851. The summed E-state index contributed by atoms with van der Waals surface area (Å²) >= 11 is 0. The summed E-state index contributed by atoms with van der Waals surface area (Å²) < 4.78 is 5.52. The van der Waals surface area contributed by atoms with E-state index in [1.165, 1.54) is 25.7 Å². The van der Waals surface area contributed by atoms with E-state index < -0.39 is 0 Å². The molecule has 1 atom stereocenters. The Bertz CT molecular complexity index is 638. The molecule has 1 aliphatic heterocycles. The molecule has 25 heavy (non-hydrogen) atoms. The number of aromatic nitrogens is 3. The highest BCUT2D eigenvalue weighted by molar-refractivity contribution is 5.85. The lowest BCUT2D eigenvalue weighted by Gasteiger charge is -2.29. The number of halogens is 1. The van der Waals surface area contributed by atoms with Crippen molar-refractivity contribution in [2.24, 2.45) is 0 Å². The van der Waals surface area contributed by atoms with Crippen molar-refractivity contribution < 1.29 is 4.52 Å².